The van der Waals surface area contributed by atoms with Gasteiger partial charge in [0.1, 0.15) is 6.10 Å². The summed E-state index contributed by atoms with van der Waals surface area (Å²) in [5, 5.41) is 0. The molecular formula is C11H12Cl2O4. The smallest absolute Gasteiger partial charge is 0.302 e. The fourth-order valence-electron chi connectivity index (χ4n) is 3.50. The van der Waals surface area contributed by atoms with Gasteiger partial charge in [0.2, 0.25) is 0 Å². The largest absolute Gasteiger partial charge is 0.462 e. The van der Waals surface area contributed by atoms with Crippen molar-refractivity contribution in [3.8, 4) is 0 Å². The molecule has 0 amide bonds. The van der Waals surface area contributed by atoms with E-state index in [1.165, 1.54) is 6.92 Å². The average molecular weight is 279 g/mol. The summed E-state index contributed by atoms with van der Waals surface area (Å²) < 4.78 is 9.42. The average Bonchev–Trinajstić information content (AvgIpc) is 2.43. The Kier molecular flexibility index (Phi) is 2.48. The number of hydrogen-bond acceptors (Lipinski definition) is 4. The van der Waals surface area contributed by atoms with E-state index in [2.05, 4.69) is 0 Å². The van der Waals surface area contributed by atoms with Crippen molar-refractivity contribution in [2.45, 2.75) is 17.4 Å². The maximum absolute atomic E-state index is 11.9. The van der Waals surface area contributed by atoms with Gasteiger partial charge in [0.05, 0.1) is 13.2 Å². The van der Waals surface area contributed by atoms with Crippen molar-refractivity contribution >= 4 is 35.0 Å². The number of rotatable bonds is 1. The molecule has 2 saturated carbocycles. The SMILES string of the molecule is CC(=O)OC1[C@H]2COC[C@@H]1[C@H]1C(=O)C(Cl)(Cl)[C@H]12. The van der Waals surface area contributed by atoms with Crippen molar-refractivity contribution in [3.05, 3.63) is 0 Å². The van der Waals surface area contributed by atoms with Gasteiger partial charge in [-0.1, -0.05) is 23.2 Å². The van der Waals surface area contributed by atoms with Crippen molar-refractivity contribution in [1.82, 2.24) is 0 Å². The van der Waals surface area contributed by atoms with E-state index in [0.29, 0.717) is 13.2 Å². The summed E-state index contributed by atoms with van der Waals surface area (Å²) in [5.74, 6) is -0.982. The van der Waals surface area contributed by atoms with E-state index in [1.807, 2.05) is 0 Å². The van der Waals surface area contributed by atoms with Gasteiger partial charge in [-0.2, -0.15) is 0 Å². The Morgan fingerprint density at radius 2 is 2.06 bits per heavy atom. The molecule has 0 radical (unpaired) electrons. The third-order valence-electron chi connectivity index (χ3n) is 4.13. The standard InChI is InChI=1S/C11H12Cl2O4/c1-4(14)17-9-5-2-16-3-6(9)8-7(5)10(15)11(8,12)13/h5-9H,2-3H2,1H3/t5-,6+,7-,8+,9?/m1/s1. The van der Waals surface area contributed by atoms with E-state index in [0.717, 1.165) is 0 Å². The molecule has 0 aromatic carbocycles. The Labute approximate surface area is 109 Å². The van der Waals surface area contributed by atoms with Gasteiger partial charge in [-0.25, -0.2) is 0 Å². The molecule has 17 heavy (non-hydrogen) atoms. The second kappa shape index (κ2) is 3.59. The molecule has 5 atom stereocenters. The minimum atomic E-state index is -1.32. The summed E-state index contributed by atoms with van der Waals surface area (Å²) >= 11 is 12.1. The Balaban J connectivity index is 1.92. The van der Waals surface area contributed by atoms with Gasteiger partial charge >= 0.3 is 5.97 Å². The second-order valence-electron chi connectivity index (χ2n) is 4.98. The molecule has 1 saturated heterocycles. The Hall–Kier alpha value is -0.320. The first-order chi connectivity index (χ1) is 7.94. The summed E-state index contributed by atoms with van der Waals surface area (Å²) in [4.78, 5) is 23.0. The minimum Gasteiger partial charge on any atom is -0.462 e. The van der Waals surface area contributed by atoms with Crippen LogP contribution in [0.15, 0.2) is 0 Å². The quantitative estimate of drug-likeness (QED) is 0.534. The number of carbonyl (C=O) groups excluding carboxylic acids is 2. The minimum absolute atomic E-state index is 0.0599. The summed E-state index contributed by atoms with van der Waals surface area (Å²) in [6.07, 6.45) is -0.278. The van der Waals surface area contributed by atoms with Crippen LogP contribution in [0.4, 0.5) is 0 Å². The number of ketones is 1. The van der Waals surface area contributed by atoms with Crippen LogP contribution in [0.2, 0.25) is 0 Å². The lowest BCUT2D eigenvalue weighted by Crippen LogP contribution is -2.57. The number of carbonyl (C=O) groups is 2. The molecule has 94 valence electrons. The number of hydrogen-bond donors (Lipinski definition) is 0. The third-order valence-corrected chi connectivity index (χ3v) is 5.00. The molecule has 0 N–H and O–H groups in total. The van der Waals surface area contributed by atoms with Crippen molar-refractivity contribution in [3.63, 3.8) is 0 Å². The highest BCUT2D eigenvalue weighted by molar-refractivity contribution is 6.61. The molecule has 1 heterocycles. The van der Waals surface area contributed by atoms with Crippen LogP contribution >= 0.6 is 23.2 Å². The highest BCUT2D eigenvalue weighted by Gasteiger charge is 2.73. The molecule has 6 heteroatoms. The van der Waals surface area contributed by atoms with Gasteiger partial charge in [-0.05, 0) is 0 Å². The molecule has 0 spiro atoms. The third kappa shape index (κ3) is 1.41. The molecule has 1 unspecified atom stereocenters. The zero-order valence-electron chi connectivity index (χ0n) is 9.19. The van der Waals surface area contributed by atoms with Gasteiger partial charge in [-0.15, -0.1) is 0 Å². The summed E-state index contributed by atoms with van der Waals surface area (Å²) in [5.41, 5.74) is 0. The number of esters is 1. The predicted octanol–water partition coefficient (Wildman–Crippen LogP) is 1.18. The summed E-state index contributed by atoms with van der Waals surface area (Å²) in [7, 11) is 0. The lowest BCUT2D eigenvalue weighted by atomic mass is 9.68. The van der Waals surface area contributed by atoms with Gasteiger partial charge in [-0.3, -0.25) is 9.59 Å². The molecule has 2 aliphatic carbocycles. The highest BCUT2D eigenvalue weighted by atomic mass is 35.5. The number of Topliss-reactive ketones (excluding diaryl/α,β-unsaturated/α-hetero) is 1. The van der Waals surface area contributed by atoms with Crippen LogP contribution in [0.1, 0.15) is 6.92 Å². The molecule has 4 nitrogen and oxygen atoms in total. The first kappa shape index (κ1) is 11.8. The van der Waals surface area contributed by atoms with Crippen LogP contribution in [0.5, 0.6) is 0 Å². The highest BCUT2D eigenvalue weighted by Crippen LogP contribution is 2.63. The summed E-state index contributed by atoms with van der Waals surface area (Å²) in [6.45, 7) is 2.25. The van der Waals surface area contributed by atoms with Gasteiger partial charge in [0.25, 0.3) is 0 Å². The molecule has 3 fully saturated rings. The number of alkyl halides is 2. The Morgan fingerprint density at radius 3 is 2.71 bits per heavy atom. The van der Waals surface area contributed by atoms with E-state index in [-0.39, 0.29) is 41.5 Å². The van der Waals surface area contributed by atoms with Gasteiger partial charge < -0.3 is 9.47 Å². The molecule has 0 aromatic rings. The van der Waals surface area contributed by atoms with Crippen molar-refractivity contribution < 1.29 is 19.1 Å². The van der Waals surface area contributed by atoms with Crippen LogP contribution in [0.25, 0.3) is 0 Å². The number of halogens is 2. The van der Waals surface area contributed by atoms with E-state index >= 15 is 0 Å². The zero-order chi connectivity index (χ0) is 12.4. The lowest BCUT2D eigenvalue weighted by Gasteiger charge is -2.43. The van der Waals surface area contributed by atoms with Gasteiger partial charge in [0.15, 0.2) is 10.1 Å². The molecular weight excluding hydrogens is 267 g/mol. The Morgan fingerprint density at radius 1 is 1.41 bits per heavy atom. The van der Waals surface area contributed by atoms with Crippen LogP contribution in [0.3, 0.4) is 0 Å². The van der Waals surface area contributed by atoms with Crippen LogP contribution < -0.4 is 0 Å². The van der Waals surface area contributed by atoms with Gasteiger partial charge in [0, 0.05) is 30.6 Å². The molecule has 3 rings (SSSR count). The fraction of sp³-hybridized carbons (Fsp3) is 0.818. The monoisotopic (exact) mass is 278 g/mol. The van der Waals surface area contributed by atoms with E-state index in [4.69, 9.17) is 32.7 Å². The normalized spacial score (nSPS) is 46.1. The summed E-state index contributed by atoms with van der Waals surface area (Å²) in [6, 6.07) is 0. The van der Waals surface area contributed by atoms with Crippen LogP contribution in [0, 0.1) is 23.7 Å². The number of fused-ring (bicyclic) bond motifs is 5. The molecule has 2 bridgehead atoms. The number of ether oxygens (including phenoxy) is 2. The second-order valence-corrected chi connectivity index (χ2v) is 6.36. The Bertz CT molecular complexity index is 395. The lowest BCUT2D eigenvalue weighted by molar-refractivity contribution is -0.158. The maximum atomic E-state index is 11.9. The molecule has 0 aromatic heterocycles. The van der Waals surface area contributed by atoms with E-state index in [1.54, 1.807) is 0 Å². The molecule has 1 aliphatic heterocycles. The van der Waals surface area contributed by atoms with Crippen molar-refractivity contribution in [1.29, 1.82) is 0 Å². The van der Waals surface area contributed by atoms with Crippen LogP contribution in [-0.2, 0) is 19.1 Å². The fourth-order valence-corrected chi connectivity index (χ4v) is 4.35. The zero-order valence-corrected chi connectivity index (χ0v) is 10.7. The van der Waals surface area contributed by atoms with Crippen molar-refractivity contribution in [2.24, 2.45) is 23.7 Å². The first-order valence-corrected chi connectivity index (χ1v) is 6.37. The molecule has 3 aliphatic rings. The maximum Gasteiger partial charge on any atom is 0.302 e. The van der Waals surface area contributed by atoms with E-state index < -0.39 is 4.33 Å². The predicted molar refractivity (Wildman–Crippen MR) is 59.8 cm³/mol. The topological polar surface area (TPSA) is 52.6 Å². The van der Waals surface area contributed by atoms with Crippen molar-refractivity contribution in [2.75, 3.05) is 13.2 Å². The first-order valence-electron chi connectivity index (χ1n) is 5.61. The van der Waals surface area contributed by atoms with Crippen LogP contribution in [-0.4, -0.2) is 35.4 Å². The van der Waals surface area contributed by atoms with E-state index in [9.17, 15) is 9.59 Å².